The summed E-state index contributed by atoms with van der Waals surface area (Å²) in [4.78, 5) is 22.6. The number of anilines is 1. The van der Waals surface area contributed by atoms with Gasteiger partial charge in [0.1, 0.15) is 21.7 Å². The van der Waals surface area contributed by atoms with Gasteiger partial charge in [-0.15, -0.1) is 0 Å². The van der Waals surface area contributed by atoms with Crippen molar-refractivity contribution >= 4 is 55.2 Å². The Morgan fingerprint density at radius 2 is 1.88 bits per heavy atom. The molecule has 0 unspecified atom stereocenters. The second-order valence-corrected chi connectivity index (χ2v) is 9.53. The highest BCUT2D eigenvalue weighted by atomic mass is 127. The van der Waals surface area contributed by atoms with Gasteiger partial charge in [0.2, 0.25) is 0 Å². The maximum atomic E-state index is 13.6. The molecule has 2 aromatic carbocycles. The number of thiazole rings is 1. The highest BCUT2D eigenvalue weighted by Gasteiger charge is 2.25. The van der Waals surface area contributed by atoms with Crippen LogP contribution in [-0.2, 0) is 4.74 Å². The number of ether oxygens (including phenoxy) is 3. The molecule has 0 saturated carbocycles. The number of rotatable bonds is 8. The van der Waals surface area contributed by atoms with Gasteiger partial charge >= 0.3 is 0 Å². The van der Waals surface area contributed by atoms with Crippen LogP contribution in [0, 0.1) is 3.57 Å². The van der Waals surface area contributed by atoms with Crippen LogP contribution in [0.1, 0.15) is 16.8 Å². The van der Waals surface area contributed by atoms with Gasteiger partial charge < -0.3 is 14.2 Å². The third kappa shape index (κ3) is 5.00. The molecule has 0 aliphatic carbocycles. The van der Waals surface area contributed by atoms with Crippen molar-refractivity contribution in [1.29, 1.82) is 0 Å². The highest BCUT2D eigenvalue weighted by Crippen LogP contribution is 2.40. The monoisotopic (exact) mass is 567 g/mol. The van der Waals surface area contributed by atoms with E-state index in [0.717, 1.165) is 53.3 Å². The Morgan fingerprint density at radius 3 is 2.59 bits per heavy atom. The van der Waals surface area contributed by atoms with E-state index in [-0.39, 0.29) is 5.91 Å². The van der Waals surface area contributed by atoms with Crippen molar-refractivity contribution in [2.45, 2.75) is 6.42 Å². The van der Waals surface area contributed by atoms with Crippen molar-refractivity contribution < 1.29 is 19.0 Å². The van der Waals surface area contributed by atoms with Crippen molar-refractivity contribution in [3.05, 3.63) is 45.5 Å². The van der Waals surface area contributed by atoms with Crippen LogP contribution in [-0.4, -0.2) is 69.4 Å². The Labute approximate surface area is 205 Å². The molecule has 0 radical (unpaired) electrons. The third-order valence-electron chi connectivity index (χ3n) is 5.44. The molecule has 32 heavy (non-hydrogen) atoms. The summed E-state index contributed by atoms with van der Waals surface area (Å²) in [6, 6.07) is 11.4. The van der Waals surface area contributed by atoms with Crippen LogP contribution in [0.5, 0.6) is 11.5 Å². The Morgan fingerprint density at radius 1 is 1.16 bits per heavy atom. The molecule has 1 aromatic heterocycles. The molecule has 0 N–H and O–H groups in total. The fourth-order valence-corrected chi connectivity index (χ4v) is 5.45. The average molecular weight is 567 g/mol. The van der Waals surface area contributed by atoms with Gasteiger partial charge in [0.05, 0.1) is 33.0 Å². The predicted octanol–water partition coefficient (Wildman–Crippen LogP) is 4.29. The number of amides is 1. The second kappa shape index (κ2) is 10.8. The number of halogens is 1. The van der Waals surface area contributed by atoms with Crippen LogP contribution in [0.4, 0.5) is 5.13 Å². The zero-order chi connectivity index (χ0) is 22.5. The largest absolute Gasteiger partial charge is 0.495 e. The van der Waals surface area contributed by atoms with E-state index in [9.17, 15) is 4.79 Å². The number of aromatic nitrogens is 1. The summed E-state index contributed by atoms with van der Waals surface area (Å²) in [5.41, 5.74) is 1.39. The summed E-state index contributed by atoms with van der Waals surface area (Å²) < 4.78 is 18.3. The zero-order valence-corrected chi connectivity index (χ0v) is 21.1. The van der Waals surface area contributed by atoms with Crippen LogP contribution < -0.4 is 14.4 Å². The number of methoxy groups -OCH3 is 2. The van der Waals surface area contributed by atoms with Gasteiger partial charge in [-0.3, -0.25) is 14.6 Å². The number of hydrogen-bond donors (Lipinski definition) is 0. The third-order valence-corrected chi connectivity index (χ3v) is 7.47. The van der Waals surface area contributed by atoms with Crippen molar-refractivity contribution in [3.63, 3.8) is 0 Å². The average Bonchev–Trinajstić information content (AvgIpc) is 3.27. The maximum Gasteiger partial charge on any atom is 0.261 e. The van der Waals surface area contributed by atoms with Crippen molar-refractivity contribution in [2.75, 3.05) is 58.5 Å². The molecule has 1 aliphatic rings. The van der Waals surface area contributed by atoms with Crippen LogP contribution in [0.3, 0.4) is 0 Å². The molecule has 7 nitrogen and oxygen atoms in total. The summed E-state index contributed by atoms with van der Waals surface area (Å²) in [5, 5.41) is 0.648. The summed E-state index contributed by atoms with van der Waals surface area (Å²) in [6.07, 6.45) is 0.847. The van der Waals surface area contributed by atoms with E-state index in [1.165, 1.54) is 11.3 Å². The molecular formula is C23H26IN3O4S. The molecule has 9 heteroatoms. The number of nitrogens with zero attached hydrogens (tertiary/aromatic N) is 3. The molecule has 1 aliphatic heterocycles. The molecule has 3 aromatic rings. The Kier molecular flexibility index (Phi) is 7.82. The van der Waals surface area contributed by atoms with Gasteiger partial charge in [-0.25, -0.2) is 4.98 Å². The normalized spacial score (nSPS) is 14.5. The fraction of sp³-hybridized carbons (Fsp3) is 0.391. The number of carbonyl (C=O) groups is 1. The number of carbonyl (C=O) groups excluding carboxylic acids is 1. The standard InChI is InChI=1S/C23H26IN3O4S/c1-29-18-8-9-19(30-2)21-20(18)25-23(32-21)27(11-5-10-26-12-14-31-15-13-26)22(28)16-6-3-4-7-17(16)24/h3-4,6-9H,5,10-15H2,1-2H3. The summed E-state index contributed by atoms with van der Waals surface area (Å²) in [7, 11) is 3.26. The van der Waals surface area contributed by atoms with E-state index >= 15 is 0 Å². The quantitative estimate of drug-likeness (QED) is 0.379. The minimum Gasteiger partial charge on any atom is -0.495 e. The number of fused-ring (bicyclic) bond motifs is 1. The minimum atomic E-state index is -0.0473. The second-order valence-electron chi connectivity index (χ2n) is 7.39. The Bertz CT molecular complexity index is 1040. The first-order valence-electron chi connectivity index (χ1n) is 10.5. The fourth-order valence-electron chi connectivity index (χ4n) is 3.73. The van der Waals surface area contributed by atoms with Crippen LogP contribution in [0.15, 0.2) is 36.4 Å². The number of morpholine rings is 1. The molecule has 1 amide bonds. The van der Waals surface area contributed by atoms with E-state index in [2.05, 4.69) is 27.5 Å². The summed E-state index contributed by atoms with van der Waals surface area (Å²) in [6.45, 7) is 4.88. The number of hydrogen-bond acceptors (Lipinski definition) is 7. The van der Waals surface area contributed by atoms with Crippen molar-refractivity contribution in [1.82, 2.24) is 9.88 Å². The number of benzene rings is 2. The molecule has 4 rings (SSSR count). The molecular weight excluding hydrogens is 541 g/mol. The van der Waals surface area contributed by atoms with Crippen LogP contribution >= 0.6 is 33.9 Å². The smallest absolute Gasteiger partial charge is 0.261 e. The Balaban J connectivity index is 1.66. The van der Waals surface area contributed by atoms with Crippen molar-refractivity contribution in [3.8, 4) is 11.5 Å². The highest BCUT2D eigenvalue weighted by molar-refractivity contribution is 14.1. The SMILES string of the molecule is COc1ccc(OC)c2sc(N(CCCN3CCOCC3)C(=O)c3ccccc3I)nc12. The van der Waals surface area contributed by atoms with E-state index in [4.69, 9.17) is 19.2 Å². The topological polar surface area (TPSA) is 64.1 Å². The lowest BCUT2D eigenvalue weighted by Gasteiger charge is -2.27. The summed E-state index contributed by atoms with van der Waals surface area (Å²) >= 11 is 3.67. The molecule has 170 valence electrons. The lowest BCUT2D eigenvalue weighted by atomic mass is 10.2. The van der Waals surface area contributed by atoms with Crippen molar-refractivity contribution in [2.24, 2.45) is 0 Å². The van der Waals surface area contributed by atoms with E-state index < -0.39 is 0 Å². The maximum absolute atomic E-state index is 13.6. The van der Waals surface area contributed by atoms with Gasteiger partial charge in [-0.1, -0.05) is 23.5 Å². The molecule has 2 heterocycles. The molecule has 0 spiro atoms. The van der Waals surface area contributed by atoms with E-state index in [1.807, 2.05) is 36.4 Å². The molecule has 0 atom stereocenters. The van der Waals surface area contributed by atoms with Gasteiger partial charge in [-0.05, 0) is 53.3 Å². The van der Waals surface area contributed by atoms with Gasteiger partial charge in [0, 0.05) is 29.7 Å². The van der Waals surface area contributed by atoms with E-state index in [1.54, 1.807) is 19.1 Å². The lowest BCUT2D eigenvalue weighted by Crippen LogP contribution is -2.39. The Hall–Kier alpha value is -1.95. The van der Waals surface area contributed by atoms with Crippen LogP contribution in [0.25, 0.3) is 10.2 Å². The van der Waals surface area contributed by atoms with E-state index in [0.29, 0.717) is 28.5 Å². The molecule has 1 saturated heterocycles. The molecule has 0 bridgehead atoms. The minimum absolute atomic E-state index is 0.0473. The zero-order valence-electron chi connectivity index (χ0n) is 18.2. The van der Waals surface area contributed by atoms with Gasteiger partial charge in [0.25, 0.3) is 5.91 Å². The molecule has 1 fully saturated rings. The first kappa shape index (κ1) is 23.2. The van der Waals surface area contributed by atoms with Gasteiger partial charge in [0.15, 0.2) is 5.13 Å². The lowest BCUT2D eigenvalue weighted by molar-refractivity contribution is 0.0376. The van der Waals surface area contributed by atoms with Gasteiger partial charge in [-0.2, -0.15) is 0 Å². The summed E-state index contributed by atoms with van der Waals surface area (Å²) in [5.74, 6) is 1.34. The predicted molar refractivity (Wildman–Crippen MR) is 135 cm³/mol. The van der Waals surface area contributed by atoms with Crippen LogP contribution in [0.2, 0.25) is 0 Å². The first-order chi connectivity index (χ1) is 15.6. The first-order valence-corrected chi connectivity index (χ1v) is 12.4.